The fraction of sp³-hybridized carbons (Fsp3) is 0.321. The van der Waals surface area contributed by atoms with Gasteiger partial charge in [-0.05, 0) is 43.2 Å². The number of rotatable bonds is 3. The summed E-state index contributed by atoms with van der Waals surface area (Å²) in [6, 6.07) is 3.42. The number of imidazole rings is 1. The summed E-state index contributed by atoms with van der Waals surface area (Å²) in [7, 11) is 0. The molecule has 198 valence electrons. The molecule has 10 heteroatoms. The molecule has 0 radical (unpaired) electrons. The number of fused-ring (bicyclic) bond motifs is 1. The number of piperazine rings is 1. The highest BCUT2D eigenvalue weighted by atomic mass is 19.4. The lowest BCUT2D eigenvalue weighted by molar-refractivity contribution is -0.137. The molecule has 1 N–H and O–H groups in total. The van der Waals surface area contributed by atoms with E-state index in [0.717, 1.165) is 18.0 Å². The Morgan fingerprint density at radius 1 is 1.13 bits per heavy atom. The standard InChI is InChI=1S/C28H27F4N5O/c1-18(21-7-3-2-4-8-22(21)29)27(38)37-14-12-36(13-15-37)25-9-5-6-19(17-33-25)26-34-23-11-10-20(28(30,31)32)16-24(23)35-26/h2-3,5-8,10-11,16-18H,4,9,12-15H2,1H3,(H,34,35). The average Bonchev–Trinajstić information content (AvgIpc) is 3.03. The van der Waals surface area contributed by atoms with E-state index in [2.05, 4.69) is 19.9 Å². The number of amidine groups is 1. The van der Waals surface area contributed by atoms with Gasteiger partial charge in [0.05, 0.1) is 22.5 Å². The second-order valence-electron chi connectivity index (χ2n) is 9.42. The first-order valence-electron chi connectivity index (χ1n) is 12.5. The molecule has 2 aliphatic heterocycles. The Hall–Kier alpha value is -3.95. The number of nitrogens with zero attached hydrogens (tertiary/aromatic N) is 4. The zero-order valence-electron chi connectivity index (χ0n) is 20.8. The molecule has 2 aromatic rings. The van der Waals surface area contributed by atoms with Gasteiger partial charge in [0.15, 0.2) is 0 Å². The Morgan fingerprint density at radius 3 is 2.68 bits per heavy atom. The third-order valence-corrected chi connectivity index (χ3v) is 6.95. The maximum Gasteiger partial charge on any atom is 0.416 e. The molecule has 5 rings (SSSR count). The van der Waals surface area contributed by atoms with Crippen LogP contribution in [0.2, 0.25) is 0 Å². The number of H-pyrrole nitrogens is 1. The van der Waals surface area contributed by atoms with Crippen LogP contribution in [0.1, 0.15) is 31.2 Å². The Balaban J connectivity index is 1.25. The van der Waals surface area contributed by atoms with Crippen molar-refractivity contribution in [3.05, 3.63) is 83.6 Å². The maximum atomic E-state index is 14.4. The van der Waals surface area contributed by atoms with Crippen molar-refractivity contribution in [3.63, 3.8) is 0 Å². The van der Waals surface area contributed by atoms with Gasteiger partial charge in [0, 0.05) is 44.4 Å². The van der Waals surface area contributed by atoms with Crippen molar-refractivity contribution in [2.24, 2.45) is 10.9 Å². The lowest BCUT2D eigenvalue weighted by Crippen LogP contribution is -2.51. The fourth-order valence-corrected chi connectivity index (χ4v) is 4.77. The van der Waals surface area contributed by atoms with Crippen molar-refractivity contribution < 1.29 is 22.4 Å². The van der Waals surface area contributed by atoms with Crippen molar-refractivity contribution >= 4 is 28.3 Å². The lowest BCUT2D eigenvalue weighted by Gasteiger charge is -2.37. The van der Waals surface area contributed by atoms with Gasteiger partial charge in [-0.25, -0.2) is 14.4 Å². The first-order chi connectivity index (χ1) is 18.2. The van der Waals surface area contributed by atoms with Gasteiger partial charge in [0.25, 0.3) is 0 Å². The summed E-state index contributed by atoms with van der Waals surface area (Å²) in [5, 5.41) is 0. The molecule has 1 aromatic heterocycles. The summed E-state index contributed by atoms with van der Waals surface area (Å²) in [5.74, 6) is 0.256. The van der Waals surface area contributed by atoms with Crippen molar-refractivity contribution in [1.29, 1.82) is 0 Å². The fourth-order valence-electron chi connectivity index (χ4n) is 4.77. The van der Waals surface area contributed by atoms with Crippen molar-refractivity contribution in [2.45, 2.75) is 25.9 Å². The summed E-state index contributed by atoms with van der Waals surface area (Å²) >= 11 is 0. The Bertz CT molecular complexity index is 1420. The summed E-state index contributed by atoms with van der Waals surface area (Å²) in [4.78, 5) is 29.0. The summed E-state index contributed by atoms with van der Waals surface area (Å²) in [6.07, 6.45) is 8.88. The first kappa shape index (κ1) is 25.7. The molecule has 0 bridgehead atoms. The molecule has 1 atom stereocenters. The minimum atomic E-state index is -4.43. The average molecular weight is 526 g/mol. The van der Waals surface area contributed by atoms with E-state index in [0.29, 0.717) is 67.0 Å². The second kappa shape index (κ2) is 10.4. The third kappa shape index (κ3) is 5.34. The van der Waals surface area contributed by atoms with E-state index in [1.54, 1.807) is 30.2 Å². The number of carbonyl (C=O) groups is 1. The molecule has 1 fully saturated rings. The van der Waals surface area contributed by atoms with E-state index < -0.39 is 17.7 Å². The van der Waals surface area contributed by atoms with E-state index in [1.165, 1.54) is 12.1 Å². The van der Waals surface area contributed by atoms with Crippen molar-refractivity contribution in [3.8, 4) is 0 Å². The van der Waals surface area contributed by atoms with Crippen LogP contribution in [0.15, 0.2) is 77.2 Å². The molecule has 1 aliphatic carbocycles. The maximum absolute atomic E-state index is 14.4. The number of amides is 1. The number of halogens is 4. The molecule has 3 aliphatic rings. The van der Waals surface area contributed by atoms with E-state index >= 15 is 0 Å². The Kier molecular flexibility index (Phi) is 7.05. The number of allylic oxidation sites excluding steroid dienone is 7. The number of aromatic nitrogens is 2. The van der Waals surface area contributed by atoms with Crippen LogP contribution in [-0.2, 0) is 11.0 Å². The van der Waals surface area contributed by atoms with Crippen LogP contribution >= 0.6 is 0 Å². The number of aromatic amines is 1. The minimum absolute atomic E-state index is 0.0989. The van der Waals surface area contributed by atoms with Gasteiger partial charge >= 0.3 is 6.18 Å². The monoisotopic (exact) mass is 525 g/mol. The van der Waals surface area contributed by atoms with Crippen molar-refractivity contribution in [2.75, 3.05) is 26.2 Å². The summed E-state index contributed by atoms with van der Waals surface area (Å²) in [5.41, 5.74) is 1.08. The zero-order valence-corrected chi connectivity index (χ0v) is 20.8. The largest absolute Gasteiger partial charge is 0.416 e. The molecule has 3 heterocycles. The van der Waals surface area contributed by atoms with Gasteiger partial charge in [0.1, 0.15) is 17.5 Å². The molecule has 0 spiro atoms. The molecule has 1 unspecified atom stereocenters. The number of hydrogen-bond acceptors (Lipinski definition) is 4. The number of carbonyl (C=O) groups excluding carboxylic acids is 1. The van der Waals surface area contributed by atoms with Gasteiger partial charge in [-0.15, -0.1) is 0 Å². The SMILES string of the molecule is CC(C(=O)N1CCN(C2=NC=C(c3nc4ccc(C(F)(F)F)cc4[nH]3)C=CC2)CC1)C1=CC=CCC=C1F. The Morgan fingerprint density at radius 2 is 1.92 bits per heavy atom. The highest BCUT2D eigenvalue weighted by Crippen LogP contribution is 2.32. The summed E-state index contributed by atoms with van der Waals surface area (Å²) in [6.45, 7) is 3.93. The third-order valence-electron chi connectivity index (χ3n) is 6.95. The van der Waals surface area contributed by atoms with Gasteiger partial charge in [-0.3, -0.25) is 4.79 Å². The van der Waals surface area contributed by atoms with Crippen LogP contribution in [0.25, 0.3) is 16.6 Å². The van der Waals surface area contributed by atoms with Crippen LogP contribution in [0.3, 0.4) is 0 Å². The summed E-state index contributed by atoms with van der Waals surface area (Å²) < 4.78 is 53.6. The molecule has 38 heavy (non-hydrogen) atoms. The smallest absolute Gasteiger partial charge is 0.356 e. The molecule has 1 saturated heterocycles. The normalized spacial score (nSPS) is 19.4. The van der Waals surface area contributed by atoms with Gasteiger partial charge in [-0.1, -0.05) is 30.4 Å². The van der Waals surface area contributed by atoms with Crippen LogP contribution in [0.5, 0.6) is 0 Å². The van der Waals surface area contributed by atoms with Gasteiger partial charge in [0.2, 0.25) is 5.91 Å². The van der Waals surface area contributed by atoms with Crippen molar-refractivity contribution in [1.82, 2.24) is 19.8 Å². The Labute approximate surface area is 217 Å². The molecular formula is C28H27F4N5O. The predicted molar refractivity (Wildman–Crippen MR) is 139 cm³/mol. The minimum Gasteiger partial charge on any atom is -0.356 e. The topological polar surface area (TPSA) is 64.6 Å². The predicted octanol–water partition coefficient (Wildman–Crippen LogP) is 5.80. The van der Waals surface area contributed by atoms with Gasteiger partial charge in [-0.2, -0.15) is 13.2 Å². The van der Waals surface area contributed by atoms with Crippen LogP contribution < -0.4 is 0 Å². The number of aliphatic imine (C=N–C) groups is 1. The highest BCUT2D eigenvalue weighted by Gasteiger charge is 2.31. The number of alkyl halides is 3. The van der Waals surface area contributed by atoms with E-state index in [4.69, 9.17) is 0 Å². The molecular weight excluding hydrogens is 498 g/mol. The highest BCUT2D eigenvalue weighted by molar-refractivity contribution is 5.89. The van der Waals surface area contributed by atoms with Crippen LogP contribution in [-0.4, -0.2) is 57.7 Å². The lowest BCUT2D eigenvalue weighted by atomic mass is 9.97. The van der Waals surface area contributed by atoms with Crippen LogP contribution in [0, 0.1) is 5.92 Å². The van der Waals surface area contributed by atoms with E-state index in [9.17, 15) is 22.4 Å². The van der Waals surface area contributed by atoms with Gasteiger partial charge < -0.3 is 14.8 Å². The second-order valence-corrected chi connectivity index (χ2v) is 9.42. The number of hydrogen-bond donors (Lipinski definition) is 1. The molecule has 6 nitrogen and oxygen atoms in total. The quantitative estimate of drug-likeness (QED) is 0.515. The first-order valence-corrected chi connectivity index (χ1v) is 12.5. The van der Waals surface area contributed by atoms with Crippen LogP contribution in [0.4, 0.5) is 17.6 Å². The molecule has 0 saturated carbocycles. The molecule has 1 amide bonds. The van der Waals surface area contributed by atoms with E-state index in [1.807, 2.05) is 18.2 Å². The zero-order chi connectivity index (χ0) is 26.9. The number of benzene rings is 1. The number of nitrogens with one attached hydrogen (secondary N) is 1. The van der Waals surface area contributed by atoms with E-state index in [-0.39, 0.29) is 11.7 Å². The molecule has 1 aromatic carbocycles.